The maximum atomic E-state index is 13.3. The molecule has 4 N–H and O–H groups in total. The molecule has 5 unspecified atom stereocenters. The first-order valence-corrected chi connectivity index (χ1v) is 12.4. The number of ether oxygens (including phenoxy) is 1. The summed E-state index contributed by atoms with van der Waals surface area (Å²) in [6.07, 6.45) is 3.24. The maximum Gasteiger partial charge on any atom is 0.329 e. The third-order valence-electron chi connectivity index (χ3n) is 6.63. The molecule has 0 spiro atoms. The molecule has 7 nitrogen and oxygen atoms in total. The van der Waals surface area contributed by atoms with E-state index in [9.17, 15) is 9.59 Å². The number of carbonyl (C=O) groups is 2. The Labute approximate surface area is 195 Å². The SMILES string of the molecule is CCC(C)C(CN(C)C(C(=O)NC1CCC(C)(C)OC1=O)C(C)CC)NC[C@H](N)CS. The summed E-state index contributed by atoms with van der Waals surface area (Å²) in [6.45, 7) is 13.8. The van der Waals surface area contributed by atoms with Gasteiger partial charge in [-0.05, 0) is 45.6 Å². The van der Waals surface area contributed by atoms with Crippen molar-refractivity contribution in [1.29, 1.82) is 0 Å². The van der Waals surface area contributed by atoms with Gasteiger partial charge < -0.3 is 21.1 Å². The zero-order valence-corrected chi connectivity index (χ0v) is 21.5. The Balaban J connectivity index is 2.88. The van der Waals surface area contributed by atoms with E-state index >= 15 is 0 Å². The number of hydrogen-bond acceptors (Lipinski definition) is 7. The Bertz CT molecular complexity index is 575. The maximum absolute atomic E-state index is 13.3. The molecule has 0 radical (unpaired) electrons. The molecule has 1 aliphatic heterocycles. The van der Waals surface area contributed by atoms with Crippen molar-refractivity contribution in [3.05, 3.63) is 0 Å². The number of carbonyl (C=O) groups excluding carboxylic acids is 2. The summed E-state index contributed by atoms with van der Waals surface area (Å²) in [5.74, 6) is 0.773. The van der Waals surface area contributed by atoms with E-state index in [2.05, 4.69) is 55.9 Å². The number of cyclic esters (lactones) is 1. The van der Waals surface area contributed by atoms with E-state index in [0.29, 0.717) is 24.6 Å². The molecule has 31 heavy (non-hydrogen) atoms. The van der Waals surface area contributed by atoms with E-state index in [1.54, 1.807) is 0 Å². The molecule has 6 atom stereocenters. The van der Waals surface area contributed by atoms with Gasteiger partial charge in [0.1, 0.15) is 11.6 Å². The molecular weight excluding hydrogens is 412 g/mol. The number of nitrogens with one attached hydrogen (secondary N) is 2. The standard InChI is InChI=1S/C23H46N4O3S/c1-8-15(3)19(25-12-17(24)14-31)13-27(7)20(16(4)9-2)21(28)26-18-10-11-23(5,6)30-22(18)29/h15-20,25,31H,8-14,24H2,1-7H3,(H,26,28)/t15?,16?,17-,18?,19?,20?/m0/s1. The van der Waals surface area contributed by atoms with E-state index in [4.69, 9.17) is 10.5 Å². The molecule has 1 amide bonds. The zero-order chi connectivity index (χ0) is 23.8. The summed E-state index contributed by atoms with van der Waals surface area (Å²) >= 11 is 4.28. The molecule has 1 fully saturated rings. The van der Waals surface area contributed by atoms with Crippen LogP contribution in [0.5, 0.6) is 0 Å². The number of amides is 1. The first kappa shape index (κ1) is 28.2. The number of thiol groups is 1. The summed E-state index contributed by atoms with van der Waals surface area (Å²) in [6, 6.07) is -0.687. The second-order valence-corrected chi connectivity index (χ2v) is 10.3. The first-order chi connectivity index (χ1) is 14.4. The fourth-order valence-corrected chi connectivity index (χ4v) is 4.16. The van der Waals surface area contributed by atoms with E-state index in [0.717, 1.165) is 25.8 Å². The smallest absolute Gasteiger partial charge is 0.329 e. The van der Waals surface area contributed by atoms with Crippen LogP contribution in [0.1, 0.15) is 67.2 Å². The zero-order valence-electron chi connectivity index (χ0n) is 20.6. The average molecular weight is 459 g/mol. The Hall–Kier alpha value is -0.830. The summed E-state index contributed by atoms with van der Waals surface area (Å²) < 4.78 is 5.49. The van der Waals surface area contributed by atoms with Crippen LogP contribution in [-0.2, 0) is 14.3 Å². The third kappa shape index (κ3) is 8.91. The largest absolute Gasteiger partial charge is 0.458 e. The highest BCUT2D eigenvalue weighted by Gasteiger charge is 2.38. The number of esters is 1. The molecular formula is C23H46N4O3S. The average Bonchev–Trinajstić information content (AvgIpc) is 2.71. The number of rotatable bonds is 13. The van der Waals surface area contributed by atoms with Gasteiger partial charge in [-0.15, -0.1) is 0 Å². The predicted octanol–water partition coefficient (Wildman–Crippen LogP) is 2.19. The van der Waals surface area contributed by atoms with Crippen LogP contribution in [0.15, 0.2) is 0 Å². The van der Waals surface area contributed by atoms with Crippen LogP contribution in [-0.4, -0.2) is 72.4 Å². The first-order valence-electron chi connectivity index (χ1n) is 11.8. The lowest BCUT2D eigenvalue weighted by molar-refractivity contribution is -0.168. The fraction of sp³-hybridized carbons (Fsp3) is 0.913. The van der Waals surface area contributed by atoms with Crippen molar-refractivity contribution in [1.82, 2.24) is 15.5 Å². The van der Waals surface area contributed by atoms with Crippen LogP contribution in [0.25, 0.3) is 0 Å². The van der Waals surface area contributed by atoms with Crippen molar-refractivity contribution in [2.75, 3.05) is 25.9 Å². The van der Waals surface area contributed by atoms with Crippen LogP contribution in [0.2, 0.25) is 0 Å². The van der Waals surface area contributed by atoms with Gasteiger partial charge in [-0.1, -0.05) is 40.5 Å². The van der Waals surface area contributed by atoms with Crippen molar-refractivity contribution < 1.29 is 14.3 Å². The molecule has 1 rings (SSSR count). The van der Waals surface area contributed by atoms with Crippen LogP contribution >= 0.6 is 12.6 Å². The summed E-state index contributed by atoms with van der Waals surface area (Å²) in [7, 11) is 1.99. The minimum absolute atomic E-state index is 0.00424. The Morgan fingerprint density at radius 2 is 1.90 bits per heavy atom. The molecule has 1 aliphatic rings. The molecule has 1 saturated heterocycles. The van der Waals surface area contributed by atoms with E-state index in [1.165, 1.54) is 0 Å². The van der Waals surface area contributed by atoms with Crippen LogP contribution in [0.3, 0.4) is 0 Å². The molecule has 8 heteroatoms. The second-order valence-electron chi connectivity index (χ2n) is 9.89. The molecule has 182 valence electrons. The molecule has 0 aromatic heterocycles. The van der Waals surface area contributed by atoms with E-state index in [1.807, 2.05) is 20.9 Å². The number of hydrogen-bond donors (Lipinski definition) is 4. The van der Waals surface area contributed by atoms with Crippen LogP contribution in [0, 0.1) is 11.8 Å². The van der Waals surface area contributed by atoms with Gasteiger partial charge in [0.15, 0.2) is 0 Å². The summed E-state index contributed by atoms with van der Waals surface area (Å²) in [5.41, 5.74) is 5.58. The Kier molecular flexibility index (Phi) is 11.8. The van der Waals surface area contributed by atoms with Gasteiger partial charge >= 0.3 is 5.97 Å². The second kappa shape index (κ2) is 13.0. The van der Waals surface area contributed by atoms with Crippen molar-refractivity contribution >= 4 is 24.5 Å². The van der Waals surface area contributed by atoms with Crippen LogP contribution in [0.4, 0.5) is 0 Å². The lowest BCUT2D eigenvalue weighted by Gasteiger charge is -2.38. The minimum Gasteiger partial charge on any atom is -0.458 e. The normalized spacial score (nSPS) is 23.5. The molecule has 0 aromatic rings. The Morgan fingerprint density at radius 3 is 2.42 bits per heavy atom. The van der Waals surface area contributed by atoms with Gasteiger partial charge in [0.25, 0.3) is 0 Å². The lowest BCUT2D eigenvalue weighted by Crippen LogP contribution is -2.58. The molecule has 0 bridgehead atoms. The third-order valence-corrected chi connectivity index (χ3v) is 7.10. The monoisotopic (exact) mass is 458 g/mol. The predicted molar refractivity (Wildman–Crippen MR) is 130 cm³/mol. The molecule has 0 saturated carbocycles. The van der Waals surface area contributed by atoms with Crippen molar-refractivity contribution in [2.45, 2.75) is 97.0 Å². The fourth-order valence-electron chi connectivity index (χ4n) is 4.03. The van der Waals surface area contributed by atoms with Crippen LogP contribution < -0.4 is 16.4 Å². The topological polar surface area (TPSA) is 96.7 Å². The molecule has 0 aliphatic carbocycles. The quantitative estimate of drug-likeness (QED) is 0.250. The highest BCUT2D eigenvalue weighted by molar-refractivity contribution is 7.80. The van der Waals surface area contributed by atoms with Gasteiger partial charge in [0.2, 0.25) is 5.91 Å². The number of likely N-dealkylation sites (N-methyl/N-ethyl adjacent to an activating group) is 1. The van der Waals surface area contributed by atoms with Gasteiger partial charge in [0.05, 0.1) is 6.04 Å². The van der Waals surface area contributed by atoms with E-state index in [-0.39, 0.29) is 35.9 Å². The van der Waals surface area contributed by atoms with Crippen molar-refractivity contribution in [3.8, 4) is 0 Å². The summed E-state index contributed by atoms with van der Waals surface area (Å²) in [5, 5.41) is 6.55. The van der Waals surface area contributed by atoms with Gasteiger partial charge in [-0.2, -0.15) is 12.6 Å². The number of nitrogens with zero attached hydrogens (tertiary/aromatic N) is 1. The van der Waals surface area contributed by atoms with Crippen molar-refractivity contribution in [2.24, 2.45) is 17.6 Å². The van der Waals surface area contributed by atoms with Gasteiger partial charge in [-0.3, -0.25) is 9.69 Å². The van der Waals surface area contributed by atoms with E-state index < -0.39 is 11.6 Å². The lowest BCUT2D eigenvalue weighted by atomic mass is 9.92. The molecule has 0 aromatic carbocycles. The van der Waals surface area contributed by atoms with Gasteiger partial charge in [0, 0.05) is 30.9 Å². The Morgan fingerprint density at radius 1 is 1.29 bits per heavy atom. The summed E-state index contributed by atoms with van der Waals surface area (Å²) in [4.78, 5) is 27.8. The minimum atomic E-state index is -0.572. The highest BCUT2D eigenvalue weighted by Crippen LogP contribution is 2.25. The highest BCUT2D eigenvalue weighted by atomic mass is 32.1. The van der Waals surface area contributed by atoms with Gasteiger partial charge in [-0.25, -0.2) is 4.79 Å². The molecule has 1 heterocycles. The number of nitrogens with two attached hydrogens (primary N) is 1. The van der Waals surface area contributed by atoms with Crippen molar-refractivity contribution in [3.63, 3.8) is 0 Å².